The van der Waals surface area contributed by atoms with Crippen LogP contribution in [0.25, 0.3) is 0 Å². The molecule has 1 aromatic carbocycles. The highest BCUT2D eigenvalue weighted by Gasteiger charge is 2.14. The summed E-state index contributed by atoms with van der Waals surface area (Å²) in [5, 5.41) is 3.93. The summed E-state index contributed by atoms with van der Waals surface area (Å²) >= 11 is 11.3. The van der Waals surface area contributed by atoms with Gasteiger partial charge in [-0.15, -0.1) is 0 Å². The van der Waals surface area contributed by atoms with Crippen molar-refractivity contribution in [1.82, 2.24) is 0 Å². The van der Waals surface area contributed by atoms with Crippen LogP contribution in [0.4, 0.5) is 0 Å². The molecule has 28 heavy (non-hydrogen) atoms. The molecule has 0 unspecified atom stereocenters. The van der Waals surface area contributed by atoms with E-state index in [-0.39, 0.29) is 4.49 Å². The lowest BCUT2D eigenvalue weighted by Gasteiger charge is -2.19. The predicted molar refractivity (Wildman–Crippen MR) is 119 cm³/mol. The Kier molecular flexibility index (Phi) is 12.1. The van der Waals surface area contributed by atoms with Gasteiger partial charge in [-0.1, -0.05) is 35.3 Å². The van der Waals surface area contributed by atoms with E-state index < -0.39 is 0 Å². The SMILES string of the molecule is CCc1c(C)c(OCC=C(Cl)Cl)cc(C)c1OCCCCCCON=C(C)C. The fourth-order valence-corrected chi connectivity index (χ4v) is 3.00. The molecule has 0 N–H and O–H groups in total. The highest BCUT2D eigenvalue weighted by Crippen LogP contribution is 2.34. The van der Waals surface area contributed by atoms with E-state index in [0.717, 1.165) is 60.4 Å². The third-order valence-corrected chi connectivity index (χ3v) is 4.56. The van der Waals surface area contributed by atoms with Crippen molar-refractivity contribution in [3.05, 3.63) is 33.3 Å². The summed E-state index contributed by atoms with van der Waals surface area (Å²) in [6.07, 6.45) is 6.79. The van der Waals surface area contributed by atoms with Crippen molar-refractivity contribution in [2.24, 2.45) is 5.16 Å². The maximum atomic E-state index is 6.13. The van der Waals surface area contributed by atoms with Crippen LogP contribution >= 0.6 is 23.2 Å². The van der Waals surface area contributed by atoms with Crippen molar-refractivity contribution < 1.29 is 14.3 Å². The molecule has 0 aromatic heterocycles. The van der Waals surface area contributed by atoms with Gasteiger partial charge in [-0.3, -0.25) is 0 Å². The summed E-state index contributed by atoms with van der Waals surface area (Å²) in [6.45, 7) is 11.8. The number of hydrogen-bond donors (Lipinski definition) is 0. The Hall–Kier alpha value is -1.39. The Balaban J connectivity index is 2.51. The van der Waals surface area contributed by atoms with Gasteiger partial charge >= 0.3 is 0 Å². The lowest BCUT2D eigenvalue weighted by Crippen LogP contribution is -2.06. The Morgan fingerprint density at radius 1 is 1.04 bits per heavy atom. The summed E-state index contributed by atoms with van der Waals surface area (Å²) in [7, 11) is 0. The number of aryl methyl sites for hydroxylation is 1. The molecule has 0 saturated carbocycles. The quantitative estimate of drug-likeness (QED) is 0.194. The zero-order valence-electron chi connectivity index (χ0n) is 17.7. The standard InChI is InChI=1S/C22H33Cl2NO3/c1-6-19-18(5)20(26-14-11-21(23)24)15-17(4)22(19)27-12-9-7-8-10-13-28-25-16(2)3/h11,15H,6-10,12-14H2,1-5H3. The second kappa shape index (κ2) is 13.7. The van der Waals surface area contributed by atoms with E-state index in [1.165, 1.54) is 5.56 Å². The van der Waals surface area contributed by atoms with Crippen LogP contribution < -0.4 is 9.47 Å². The second-order valence-electron chi connectivity index (χ2n) is 6.92. The molecule has 0 amide bonds. The number of hydrogen-bond acceptors (Lipinski definition) is 4. The third kappa shape index (κ3) is 9.20. The molecule has 0 bridgehead atoms. The van der Waals surface area contributed by atoms with Crippen LogP contribution in [0.5, 0.6) is 11.5 Å². The molecular formula is C22H33Cl2NO3. The number of rotatable bonds is 13. The van der Waals surface area contributed by atoms with E-state index in [4.69, 9.17) is 37.5 Å². The van der Waals surface area contributed by atoms with E-state index in [1.54, 1.807) is 6.08 Å². The lowest BCUT2D eigenvalue weighted by molar-refractivity contribution is 0.139. The number of ether oxygens (including phenoxy) is 2. The van der Waals surface area contributed by atoms with Crippen LogP contribution in [0, 0.1) is 13.8 Å². The van der Waals surface area contributed by atoms with E-state index in [2.05, 4.69) is 25.9 Å². The zero-order chi connectivity index (χ0) is 20.9. The van der Waals surface area contributed by atoms with Gasteiger partial charge in [-0.05, 0) is 83.1 Å². The first-order chi connectivity index (χ1) is 13.4. The topological polar surface area (TPSA) is 40.0 Å². The summed E-state index contributed by atoms with van der Waals surface area (Å²) in [5.41, 5.74) is 4.32. The highest BCUT2D eigenvalue weighted by atomic mass is 35.5. The molecule has 6 heteroatoms. The van der Waals surface area contributed by atoms with E-state index in [1.807, 2.05) is 19.9 Å². The van der Waals surface area contributed by atoms with Crippen LogP contribution in [0.3, 0.4) is 0 Å². The van der Waals surface area contributed by atoms with Gasteiger partial charge in [0.1, 0.15) is 29.2 Å². The van der Waals surface area contributed by atoms with Crippen LogP contribution in [-0.2, 0) is 11.3 Å². The summed E-state index contributed by atoms with van der Waals surface area (Å²) < 4.78 is 12.2. The molecule has 1 aromatic rings. The molecule has 0 fully saturated rings. The van der Waals surface area contributed by atoms with Gasteiger partial charge in [0.05, 0.1) is 12.3 Å². The van der Waals surface area contributed by atoms with Gasteiger partial charge in [0.2, 0.25) is 0 Å². The lowest BCUT2D eigenvalue weighted by atomic mass is 10.0. The van der Waals surface area contributed by atoms with Crippen LogP contribution in [0.1, 0.15) is 63.1 Å². The predicted octanol–water partition coefficient (Wildman–Crippen LogP) is 6.92. The van der Waals surface area contributed by atoms with Crippen LogP contribution in [-0.4, -0.2) is 25.5 Å². The minimum Gasteiger partial charge on any atom is -0.493 e. The minimum absolute atomic E-state index is 0.213. The number of nitrogens with zero attached hydrogens (tertiary/aromatic N) is 1. The molecule has 0 radical (unpaired) electrons. The van der Waals surface area contributed by atoms with Crippen LogP contribution in [0.2, 0.25) is 0 Å². The highest BCUT2D eigenvalue weighted by molar-refractivity contribution is 6.55. The molecule has 158 valence electrons. The van der Waals surface area contributed by atoms with Gasteiger partial charge in [-0.2, -0.15) is 0 Å². The Bertz CT molecular complexity index is 664. The zero-order valence-corrected chi connectivity index (χ0v) is 19.3. The largest absolute Gasteiger partial charge is 0.493 e. The first-order valence-electron chi connectivity index (χ1n) is 9.89. The fourth-order valence-electron chi connectivity index (χ4n) is 2.87. The van der Waals surface area contributed by atoms with Crippen molar-refractivity contribution in [3.8, 4) is 11.5 Å². The number of halogens is 2. The monoisotopic (exact) mass is 429 g/mol. The maximum Gasteiger partial charge on any atom is 0.125 e. The van der Waals surface area contributed by atoms with Gasteiger partial charge in [-0.25, -0.2) is 0 Å². The van der Waals surface area contributed by atoms with Gasteiger partial charge in [0.15, 0.2) is 0 Å². The number of benzene rings is 1. The second-order valence-corrected chi connectivity index (χ2v) is 7.92. The fraction of sp³-hybridized carbons (Fsp3) is 0.591. The molecule has 0 spiro atoms. The summed E-state index contributed by atoms with van der Waals surface area (Å²) in [4.78, 5) is 5.21. The number of oxime groups is 1. The van der Waals surface area contributed by atoms with Gasteiger partial charge < -0.3 is 14.3 Å². The maximum absolute atomic E-state index is 6.13. The first kappa shape index (κ1) is 24.6. The Morgan fingerprint density at radius 3 is 2.32 bits per heavy atom. The average Bonchev–Trinajstić information content (AvgIpc) is 2.63. The molecule has 0 atom stereocenters. The molecule has 0 aliphatic rings. The van der Waals surface area contributed by atoms with E-state index in [0.29, 0.717) is 19.8 Å². The first-order valence-corrected chi connectivity index (χ1v) is 10.6. The average molecular weight is 430 g/mol. The normalized spacial score (nSPS) is 10.4. The van der Waals surface area contributed by atoms with E-state index >= 15 is 0 Å². The molecular weight excluding hydrogens is 397 g/mol. The van der Waals surface area contributed by atoms with E-state index in [9.17, 15) is 0 Å². The molecule has 0 saturated heterocycles. The Labute approximate surface area is 179 Å². The number of unbranched alkanes of at least 4 members (excludes halogenated alkanes) is 3. The van der Waals surface area contributed by atoms with Gasteiger partial charge in [0, 0.05) is 5.56 Å². The van der Waals surface area contributed by atoms with Crippen molar-refractivity contribution in [2.75, 3.05) is 19.8 Å². The summed E-state index contributed by atoms with van der Waals surface area (Å²) in [6, 6.07) is 2.02. The third-order valence-electron chi connectivity index (χ3n) is 4.26. The molecule has 4 nitrogen and oxygen atoms in total. The van der Waals surface area contributed by atoms with Crippen LogP contribution in [0.15, 0.2) is 21.8 Å². The molecule has 0 heterocycles. The van der Waals surface area contributed by atoms with Crippen molar-refractivity contribution in [3.63, 3.8) is 0 Å². The van der Waals surface area contributed by atoms with Crippen molar-refractivity contribution in [2.45, 2.75) is 66.7 Å². The minimum atomic E-state index is 0.213. The van der Waals surface area contributed by atoms with Gasteiger partial charge in [0.25, 0.3) is 0 Å². The molecule has 0 aliphatic heterocycles. The smallest absolute Gasteiger partial charge is 0.125 e. The van der Waals surface area contributed by atoms with Crippen molar-refractivity contribution >= 4 is 28.9 Å². The molecule has 1 rings (SSSR count). The Morgan fingerprint density at radius 2 is 1.71 bits per heavy atom. The van der Waals surface area contributed by atoms with Crippen molar-refractivity contribution in [1.29, 1.82) is 0 Å². The summed E-state index contributed by atoms with van der Waals surface area (Å²) in [5.74, 6) is 1.83. The molecule has 0 aliphatic carbocycles.